The lowest BCUT2D eigenvalue weighted by atomic mass is 9.81. The first-order valence-corrected chi connectivity index (χ1v) is 10.3. The van der Waals surface area contributed by atoms with Crippen LogP contribution >= 0.6 is 36.4 Å². The molecule has 1 aliphatic rings. The Morgan fingerprint density at radius 1 is 1.03 bits per heavy atom. The molecule has 1 heterocycles. The molecule has 0 bridgehead atoms. The minimum Gasteiger partial charge on any atom is -0.497 e. The second kappa shape index (κ2) is 11.7. The van der Waals surface area contributed by atoms with Crippen LogP contribution in [0.25, 0.3) is 23.1 Å². The lowest BCUT2D eigenvalue weighted by Crippen LogP contribution is -2.41. The van der Waals surface area contributed by atoms with Crippen LogP contribution in [-0.2, 0) is 0 Å². The number of ether oxygens (including phenoxy) is 1. The summed E-state index contributed by atoms with van der Waals surface area (Å²) in [5.74, 6) is 7.61. The molecule has 166 valence electrons. The summed E-state index contributed by atoms with van der Waals surface area (Å²) in [5.41, 5.74) is 6.00. The highest BCUT2D eigenvalue weighted by molar-refractivity contribution is 6.30. The summed E-state index contributed by atoms with van der Waals surface area (Å²) in [5, 5.41) is 1.75. The fourth-order valence-electron chi connectivity index (χ4n) is 4.04. The summed E-state index contributed by atoms with van der Waals surface area (Å²) in [6.07, 6.45) is 8.41. The number of halogens is 3. The molecule has 1 fully saturated rings. The van der Waals surface area contributed by atoms with Gasteiger partial charge in [0.25, 0.3) is 0 Å². The topological polar surface area (TPSA) is 73.1 Å². The van der Waals surface area contributed by atoms with Gasteiger partial charge in [0.15, 0.2) is 5.82 Å². The molecule has 5 nitrogen and oxygen atoms in total. The maximum Gasteiger partial charge on any atom is 0.152 e. The number of nitrogens with two attached hydrogens (primary N) is 1. The van der Waals surface area contributed by atoms with Crippen LogP contribution in [0.5, 0.6) is 5.75 Å². The molecule has 31 heavy (non-hydrogen) atoms. The summed E-state index contributed by atoms with van der Waals surface area (Å²) < 4.78 is 5.44. The van der Waals surface area contributed by atoms with Gasteiger partial charge in [0.05, 0.1) is 18.3 Å². The van der Waals surface area contributed by atoms with Gasteiger partial charge in [-0.15, -0.1) is 24.8 Å². The summed E-state index contributed by atoms with van der Waals surface area (Å²) in [4.78, 5) is 9.71. The molecule has 0 spiro atoms. The monoisotopic (exact) mass is 480 g/mol. The van der Waals surface area contributed by atoms with E-state index < -0.39 is 0 Å². The number of rotatable bonds is 5. The number of nitrogens with one attached hydrogen (secondary N) is 1. The van der Waals surface area contributed by atoms with Crippen LogP contribution in [0, 0.1) is 0 Å². The third-order valence-corrected chi connectivity index (χ3v) is 5.83. The van der Waals surface area contributed by atoms with E-state index in [9.17, 15) is 0 Å². The molecule has 2 unspecified atom stereocenters. The molecule has 1 aliphatic carbocycles. The molecule has 8 heteroatoms. The van der Waals surface area contributed by atoms with Crippen molar-refractivity contribution in [1.29, 1.82) is 0 Å². The molecule has 2 aromatic carbocycles. The van der Waals surface area contributed by atoms with Gasteiger partial charge in [-0.1, -0.05) is 42.7 Å². The van der Waals surface area contributed by atoms with Crippen LogP contribution in [0.1, 0.15) is 48.7 Å². The van der Waals surface area contributed by atoms with Crippen molar-refractivity contribution < 1.29 is 4.74 Å². The van der Waals surface area contributed by atoms with Gasteiger partial charge in [0, 0.05) is 22.4 Å². The van der Waals surface area contributed by atoms with Crippen LogP contribution in [-0.4, -0.2) is 23.1 Å². The molecule has 2 atom stereocenters. The lowest BCUT2D eigenvalue weighted by Gasteiger charge is -2.31. The fraction of sp³-hybridized carbons (Fsp3) is 0.304. The van der Waals surface area contributed by atoms with E-state index in [2.05, 4.69) is 5.43 Å². The van der Waals surface area contributed by atoms with Crippen LogP contribution in [0.4, 0.5) is 0 Å². The highest BCUT2D eigenvalue weighted by Crippen LogP contribution is 2.36. The second-order valence-corrected chi connectivity index (χ2v) is 7.84. The molecule has 4 rings (SSSR count). The Morgan fingerprint density at radius 3 is 2.48 bits per heavy atom. The number of aromatic nitrogens is 2. The third-order valence-electron chi connectivity index (χ3n) is 5.58. The fourth-order valence-corrected chi connectivity index (χ4v) is 4.16. The molecule has 0 radical (unpaired) electrons. The van der Waals surface area contributed by atoms with Gasteiger partial charge in [-0.3, -0.25) is 11.3 Å². The van der Waals surface area contributed by atoms with Gasteiger partial charge in [0.1, 0.15) is 5.75 Å². The molecule has 0 saturated heterocycles. The highest BCUT2D eigenvalue weighted by Gasteiger charge is 2.28. The van der Waals surface area contributed by atoms with Crippen LogP contribution in [0.3, 0.4) is 0 Å². The van der Waals surface area contributed by atoms with Crippen molar-refractivity contribution in [3.8, 4) is 5.75 Å². The van der Waals surface area contributed by atoms with E-state index in [1.807, 2.05) is 54.6 Å². The first-order chi connectivity index (χ1) is 14.2. The summed E-state index contributed by atoms with van der Waals surface area (Å²) >= 11 is 5.98. The maximum absolute atomic E-state index is 5.98. The molecule has 0 aliphatic heterocycles. The quantitative estimate of drug-likeness (QED) is 0.356. The normalized spacial score (nSPS) is 18.4. The zero-order chi connectivity index (χ0) is 20.2. The Balaban J connectivity index is 0.00000171. The van der Waals surface area contributed by atoms with E-state index in [4.69, 9.17) is 32.1 Å². The van der Waals surface area contributed by atoms with Crippen molar-refractivity contribution in [2.24, 2.45) is 5.84 Å². The first-order valence-electron chi connectivity index (χ1n) is 9.93. The number of hydrogen-bond donors (Lipinski definition) is 2. The predicted molar refractivity (Wildman–Crippen MR) is 133 cm³/mol. The minimum atomic E-state index is 0. The van der Waals surface area contributed by atoms with Gasteiger partial charge in [-0.2, -0.15) is 0 Å². The van der Waals surface area contributed by atoms with Gasteiger partial charge in [-0.25, -0.2) is 9.97 Å². The van der Waals surface area contributed by atoms with Crippen molar-refractivity contribution in [1.82, 2.24) is 15.4 Å². The van der Waals surface area contributed by atoms with Gasteiger partial charge in [0.2, 0.25) is 0 Å². The predicted octanol–water partition coefficient (Wildman–Crippen LogP) is 5.80. The maximum atomic E-state index is 5.98. The third kappa shape index (κ3) is 5.88. The van der Waals surface area contributed by atoms with E-state index in [1.165, 1.54) is 12.8 Å². The summed E-state index contributed by atoms with van der Waals surface area (Å²) in [6.45, 7) is 0. The Labute approximate surface area is 200 Å². The lowest BCUT2D eigenvalue weighted by molar-refractivity contribution is 0.328. The molecule has 0 amide bonds. The number of fused-ring (bicyclic) bond motifs is 1. The van der Waals surface area contributed by atoms with Crippen molar-refractivity contribution in [2.75, 3.05) is 7.11 Å². The Kier molecular flexibility index (Phi) is 9.54. The number of hydrogen-bond acceptors (Lipinski definition) is 5. The molecular formula is C23H27Cl3N4O. The Morgan fingerprint density at radius 2 is 1.77 bits per heavy atom. The van der Waals surface area contributed by atoms with Crippen LogP contribution in [0.2, 0.25) is 5.02 Å². The molecule has 1 aromatic heterocycles. The largest absolute Gasteiger partial charge is 0.497 e. The number of nitrogens with zero attached hydrogens (tertiary/aromatic N) is 2. The van der Waals surface area contributed by atoms with E-state index in [1.54, 1.807) is 7.11 Å². The zero-order valence-corrected chi connectivity index (χ0v) is 19.6. The number of hydrazine groups is 1. The Bertz CT molecular complexity index is 1030. The number of methoxy groups -OCH3 is 1. The minimum absolute atomic E-state index is 0. The van der Waals surface area contributed by atoms with Crippen molar-refractivity contribution in [3.63, 3.8) is 0 Å². The van der Waals surface area contributed by atoms with Crippen molar-refractivity contribution >= 4 is 59.5 Å². The molecular weight excluding hydrogens is 455 g/mol. The van der Waals surface area contributed by atoms with Crippen LogP contribution < -0.4 is 16.0 Å². The first kappa shape index (κ1) is 25.4. The van der Waals surface area contributed by atoms with Crippen LogP contribution in [0.15, 0.2) is 42.5 Å². The van der Waals surface area contributed by atoms with E-state index in [0.29, 0.717) is 5.82 Å². The average Bonchev–Trinajstić information content (AvgIpc) is 2.77. The number of benzene rings is 2. The average molecular weight is 482 g/mol. The molecule has 1 saturated carbocycles. The summed E-state index contributed by atoms with van der Waals surface area (Å²) in [6, 6.07) is 13.9. The van der Waals surface area contributed by atoms with Gasteiger partial charge in [-0.05, 0) is 54.8 Å². The van der Waals surface area contributed by atoms with Crippen molar-refractivity contribution in [3.05, 3.63) is 64.6 Å². The van der Waals surface area contributed by atoms with Crippen molar-refractivity contribution in [2.45, 2.75) is 37.6 Å². The smallest absolute Gasteiger partial charge is 0.152 e. The van der Waals surface area contributed by atoms with E-state index >= 15 is 0 Å². The van der Waals surface area contributed by atoms with E-state index in [0.717, 1.165) is 45.8 Å². The van der Waals surface area contributed by atoms with E-state index in [-0.39, 0.29) is 36.8 Å². The van der Waals surface area contributed by atoms with Gasteiger partial charge < -0.3 is 4.74 Å². The second-order valence-electron chi connectivity index (χ2n) is 7.40. The molecule has 3 N–H and O–H groups in total. The standard InChI is InChI=1S/C23H25ClN4O.2ClH/c1-29-17-11-12-20-19(14-17)23(18-4-2-3-5-21(18)28-25)27-22(26-20)13-8-15-6-9-16(24)10-7-15;;/h6-14,18,21,28H,2-5,25H2,1H3;2*1H/b13-8-;;. The summed E-state index contributed by atoms with van der Waals surface area (Å²) in [7, 11) is 1.68. The Hall–Kier alpha value is -1.89. The SMILES string of the molecule is COc1ccc2nc(/C=C\c3ccc(Cl)cc3)nc(C3CCCCC3NN)c2c1.Cl.Cl. The molecule has 3 aromatic rings. The zero-order valence-electron chi connectivity index (χ0n) is 17.3. The highest BCUT2D eigenvalue weighted by atomic mass is 35.5. The van der Waals surface area contributed by atoms with Gasteiger partial charge >= 0.3 is 0 Å².